The van der Waals surface area contributed by atoms with Crippen LogP contribution in [0.5, 0.6) is 0 Å². The Morgan fingerprint density at radius 2 is 2.18 bits per heavy atom. The fourth-order valence-electron chi connectivity index (χ4n) is 2.07. The summed E-state index contributed by atoms with van der Waals surface area (Å²) in [4.78, 5) is 4.33. The zero-order chi connectivity index (χ0) is 11.8. The third-order valence-corrected chi connectivity index (χ3v) is 3.74. The number of halogens is 1. The van der Waals surface area contributed by atoms with Crippen LogP contribution in [0.4, 0.5) is 5.69 Å². The third-order valence-electron chi connectivity index (χ3n) is 2.94. The van der Waals surface area contributed by atoms with Gasteiger partial charge in [-0.2, -0.15) is 0 Å². The predicted molar refractivity (Wildman–Crippen MR) is 71.8 cm³/mol. The number of nitrogens with zero attached hydrogens (tertiary/aromatic N) is 2. The van der Waals surface area contributed by atoms with Gasteiger partial charge in [0.05, 0.1) is 27.5 Å². The second-order valence-electron chi connectivity index (χ2n) is 4.14. The first-order valence-electron chi connectivity index (χ1n) is 5.58. The molecule has 0 amide bonds. The van der Waals surface area contributed by atoms with Crippen LogP contribution in [0.3, 0.4) is 0 Å². The molecule has 0 bridgehead atoms. The van der Waals surface area contributed by atoms with E-state index in [0.717, 1.165) is 34.3 Å². The Morgan fingerprint density at radius 3 is 2.94 bits per heavy atom. The van der Waals surface area contributed by atoms with Crippen LogP contribution in [0.25, 0.3) is 11.0 Å². The number of benzene rings is 1. The fraction of sp³-hybridized carbons (Fsp3) is 0.364. The van der Waals surface area contributed by atoms with Crippen molar-refractivity contribution in [2.75, 3.05) is 18.4 Å². The van der Waals surface area contributed by atoms with Crippen molar-refractivity contribution in [3.63, 3.8) is 0 Å². The first kappa shape index (κ1) is 11.0. The molecule has 0 spiro atoms. The molecule has 3 rings (SSSR count). The van der Waals surface area contributed by atoms with Crippen molar-refractivity contribution in [3.8, 4) is 0 Å². The Labute approximate surface area is 108 Å². The van der Waals surface area contributed by atoms with Gasteiger partial charge in [0, 0.05) is 20.1 Å². The van der Waals surface area contributed by atoms with Crippen molar-refractivity contribution in [3.05, 3.63) is 22.9 Å². The zero-order valence-electron chi connectivity index (χ0n) is 9.50. The number of hydrogen-bond donors (Lipinski definition) is 3. The van der Waals surface area contributed by atoms with Gasteiger partial charge in [0.15, 0.2) is 0 Å². The zero-order valence-corrected chi connectivity index (χ0v) is 11.1. The second kappa shape index (κ2) is 4.29. The third kappa shape index (κ3) is 1.92. The molecule has 17 heavy (non-hydrogen) atoms. The van der Waals surface area contributed by atoms with E-state index in [1.807, 2.05) is 30.1 Å². The number of fused-ring (bicyclic) bond motifs is 1. The number of nitrogens with one attached hydrogen (secondary N) is 3. The molecule has 2 heterocycles. The smallest absolute Gasteiger partial charge is 0.132 e. The van der Waals surface area contributed by atoms with E-state index in [4.69, 9.17) is 0 Å². The highest BCUT2D eigenvalue weighted by atomic mass is 79.9. The predicted octanol–water partition coefficient (Wildman–Crippen LogP) is 1.22. The molecule has 1 aromatic heterocycles. The molecule has 1 aromatic carbocycles. The topological polar surface area (TPSA) is 53.9 Å². The molecule has 1 aliphatic heterocycles. The monoisotopic (exact) mass is 295 g/mol. The van der Waals surface area contributed by atoms with Crippen LogP contribution in [0, 0.1) is 0 Å². The summed E-state index contributed by atoms with van der Waals surface area (Å²) in [6.45, 7) is 1.98. The molecule has 1 aliphatic rings. The largest absolute Gasteiger partial charge is 0.357 e. The van der Waals surface area contributed by atoms with Crippen LogP contribution in [0.2, 0.25) is 0 Å². The first-order valence-corrected chi connectivity index (χ1v) is 6.38. The van der Waals surface area contributed by atoms with E-state index in [9.17, 15) is 0 Å². The van der Waals surface area contributed by atoms with Gasteiger partial charge in [-0.25, -0.2) is 4.98 Å². The molecule has 2 aromatic rings. The van der Waals surface area contributed by atoms with Gasteiger partial charge in [-0.1, -0.05) is 0 Å². The highest BCUT2D eigenvalue weighted by Gasteiger charge is 2.15. The molecule has 6 heteroatoms. The van der Waals surface area contributed by atoms with Crippen LogP contribution < -0.4 is 16.0 Å². The summed E-state index contributed by atoms with van der Waals surface area (Å²) >= 11 is 3.64. The summed E-state index contributed by atoms with van der Waals surface area (Å²) in [5, 5.41) is 10.1. The lowest BCUT2D eigenvalue weighted by Gasteiger charge is -2.16. The average Bonchev–Trinajstić information content (AvgIpc) is 2.93. The Morgan fingerprint density at radius 1 is 1.41 bits per heavy atom. The summed E-state index contributed by atoms with van der Waals surface area (Å²) in [6.07, 6.45) is 1.96. The maximum Gasteiger partial charge on any atom is 0.132 e. The van der Waals surface area contributed by atoms with E-state index >= 15 is 0 Å². The molecule has 3 N–H and O–H groups in total. The van der Waals surface area contributed by atoms with Crippen molar-refractivity contribution in [2.24, 2.45) is 7.05 Å². The van der Waals surface area contributed by atoms with E-state index < -0.39 is 0 Å². The van der Waals surface area contributed by atoms with Crippen LogP contribution in [0.1, 0.15) is 0 Å². The van der Waals surface area contributed by atoms with Crippen LogP contribution in [-0.4, -0.2) is 28.9 Å². The summed E-state index contributed by atoms with van der Waals surface area (Å²) in [6, 6.07) is 4.07. The Balaban J connectivity index is 1.98. The number of rotatable bonds is 2. The van der Waals surface area contributed by atoms with Crippen LogP contribution in [-0.2, 0) is 7.05 Å². The number of aromatic nitrogens is 2. The lowest BCUT2D eigenvalue weighted by Crippen LogP contribution is -2.38. The van der Waals surface area contributed by atoms with Crippen LogP contribution in [0.15, 0.2) is 22.9 Å². The number of anilines is 1. The summed E-state index contributed by atoms with van der Waals surface area (Å²) < 4.78 is 3.06. The molecule has 0 saturated carbocycles. The minimum atomic E-state index is 0.136. The molecule has 0 unspecified atom stereocenters. The molecule has 5 nitrogen and oxygen atoms in total. The lowest BCUT2D eigenvalue weighted by atomic mass is 10.2. The molecule has 0 radical (unpaired) electrons. The fourth-order valence-corrected chi connectivity index (χ4v) is 2.80. The van der Waals surface area contributed by atoms with Gasteiger partial charge in [0.25, 0.3) is 0 Å². The van der Waals surface area contributed by atoms with Gasteiger partial charge >= 0.3 is 0 Å². The summed E-state index contributed by atoms with van der Waals surface area (Å²) in [5.74, 6) is 0. The molecule has 0 aliphatic carbocycles. The van der Waals surface area contributed by atoms with Gasteiger partial charge in [-0.05, 0) is 28.1 Å². The normalized spacial score (nSPS) is 16.8. The van der Waals surface area contributed by atoms with Crippen molar-refractivity contribution < 1.29 is 0 Å². The van der Waals surface area contributed by atoms with E-state index in [2.05, 4.69) is 36.9 Å². The number of aryl methyl sites for hydroxylation is 1. The van der Waals surface area contributed by atoms with E-state index in [0.29, 0.717) is 0 Å². The SMILES string of the molecule is Cn1cnc2ccc(NC3NCCN3)c(Br)c21. The Kier molecular flexibility index (Phi) is 2.78. The maximum atomic E-state index is 4.33. The van der Waals surface area contributed by atoms with Gasteiger partial charge in [-0.15, -0.1) is 0 Å². The first-order chi connectivity index (χ1) is 8.25. The van der Waals surface area contributed by atoms with Gasteiger partial charge in [0.2, 0.25) is 0 Å². The maximum absolute atomic E-state index is 4.33. The van der Waals surface area contributed by atoms with Gasteiger partial charge in [0.1, 0.15) is 6.29 Å². The Bertz CT molecular complexity index is 544. The minimum absolute atomic E-state index is 0.136. The van der Waals surface area contributed by atoms with Gasteiger partial charge < -0.3 is 9.88 Å². The second-order valence-corrected chi connectivity index (χ2v) is 4.93. The van der Waals surface area contributed by atoms with Crippen LogP contribution >= 0.6 is 15.9 Å². The van der Waals surface area contributed by atoms with E-state index in [1.54, 1.807) is 0 Å². The van der Waals surface area contributed by atoms with Crippen molar-refractivity contribution in [1.29, 1.82) is 0 Å². The van der Waals surface area contributed by atoms with E-state index in [-0.39, 0.29) is 6.29 Å². The lowest BCUT2D eigenvalue weighted by molar-refractivity contribution is 0.620. The quantitative estimate of drug-likeness (QED) is 0.780. The molecular formula is C11H14BrN5. The standard InChI is InChI=1S/C11H14BrN5/c1-17-6-15-8-3-2-7(9(12)10(8)17)16-11-13-4-5-14-11/h2-3,6,11,13-14,16H,4-5H2,1H3. The van der Waals surface area contributed by atoms with E-state index in [1.165, 1.54) is 0 Å². The van der Waals surface area contributed by atoms with Crippen molar-refractivity contribution >= 4 is 32.7 Å². The van der Waals surface area contributed by atoms with Gasteiger partial charge in [-0.3, -0.25) is 10.6 Å². The summed E-state index contributed by atoms with van der Waals surface area (Å²) in [5.41, 5.74) is 3.17. The highest BCUT2D eigenvalue weighted by molar-refractivity contribution is 9.10. The molecule has 90 valence electrons. The molecule has 1 saturated heterocycles. The summed E-state index contributed by atoms with van der Waals surface area (Å²) in [7, 11) is 2.00. The number of hydrogen-bond acceptors (Lipinski definition) is 4. The molecule has 0 atom stereocenters. The molecule has 1 fully saturated rings. The highest BCUT2D eigenvalue weighted by Crippen LogP contribution is 2.30. The average molecular weight is 296 g/mol. The van der Waals surface area contributed by atoms with Crippen molar-refractivity contribution in [2.45, 2.75) is 6.29 Å². The number of imidazole rings is 1. The Hall–Kier alpha value is -1.11. The molecular weight excluding hydrogens is 282 g/mol. The van der Waals surface area contributed by atoms with Crippen molar-refractivity contribution in [1.82, 2.24) is 20.2 Å². The minimum Gasteiger partial charge on any atom is -0.357 e.